The molecule has 0 bridgehead atoms. The third-order valence-corrected chi connectivity index (χ3v) is 4.45. The van der Waals surface area contributed by atoms with Gasteiger partial charge in [-0.15, -0.1) is 0 Å². The molecule has 0 atom stereocenters. The van der Waals surface area contributed by atoms with E-state index >= 15 is 0 Å². The molecule has 0 unspecified atom stereocenters. The number of aromatic nitrogens is 2. The molecule has 5 N–H and O–H groups in total. The first-order valence-corrected chi connectivity index (χ1v) is 9.34. The summed E-state index contributed by atoms with van der Waals surface area (Å²) in [6.45, 7) is 1.92. The average molecular weight is 402 g/mol. The van der Waals surface area contributed by atoms with E-state index in [9.17, 15) is 4.39 Å². The van der Waals surface area contributed by atoms with Gasteiger partial charge < -0.3 is 16.8 Å². The van der Waals surface area contributed by atoms with E-state index < -0.39 is 0 Å². The van der Waals surface area contributed by atoms with Crippen LogP contribution in [0.1, 0.15) is 12.5 Å². The fraction of sp³-hybridized carbons (Fsp3) is 0.0870. The largest absolute Gasteiger partial charge is 0.370 e. The highest BCUT2D eigenvalue weighted by Crippen LogP contribution is 2.32. The summed E-state index contributed by atoms with van der Waals surface area (Å²) >= 11 is 0. The van der Waals surface area contributed by atoms with Gasteiger partial charge >= 0.3 is 0 Å². The predicted octanol–water partition coefficient (Wildman–Crippen LogP) is 3.98. The van der Waals surface area contributed by atoms with Crippen molar-refractivity contribution >= 4 is 17.5 Å². The zero-order valence-corrected chi connectivity index (χ0v) is 16.8. The van der Waals surface area contributed by atoms with Crippen molar-refractivity contribution < 1.29 is 4.39 Å². The lowest BCUT2D eigenvalue weighted by molar-refractivity contribution is 0.631. The quantitative estimate of drug-likeness (QED) is 0.340. The molecule has 0 radical (unpaired) electrons. The summed E-state index contributed by atoms with van der Waals surface area (Å²) < 4.78 is 14.9. The van der Waals surface area contributed by atoms with E-state index in [1.165, 1.54) is 18.5 Å². The highest BCUT2D eigenvalue weighted by molar-refractivity contribution is 5.87. The van der Waals surface area contributed by atoms with Gasteiger partial charge in [-0.2, -0.15) is 0 Å². The summed E-state index contributed by atoms with van der Waals surface area (Å²) in [6.07, 6.45) is 8.54. The van der Waals surface area contributed by atoms with Gasteiger partial charge in [0.25, 0.3) is 0 Å². The fourth-order valence-electron chi connectivity index (χ4n) is 2.97. The van der Waals surface area contributed by atoms with Crippen molar-refractivity contribution in [3.05, 3.63) is 84.6 Å². The molecule has 1 heterocycles. The molecule has 3 aromatic rings. The summed E-state index contributed by atoms with van der Waals surface area (Å²) in [7, 11) is 1.70. The van der Waals surface area contributed by atoms with Crippen molar-refractivity contribution in [3.8, 4) is 22.3 Å². The SMILES string of the molecule is C\C=C/C(=C\N=C(/N)NC)c1ccccc1-c1ccc(-c2cnc(N)nc2)c(F)c1. The summed E-state index contributed by atoms with van der Waals surface area (Å²) in [5.41, 5.74) is 15.6. The molecule has 30 heavy (non-hydrogen) atoms. The Morgan fingerprint density at radius 3 is 2.47 bits per heavy atom. The predicted molar refractivity (Wildman–Crippen MR) is 121 cm³/mol. The lowest BCUT2D eigenvalue weighted by Crippen LogP contribution is -2.27. The zero-order chi connectivity index (χ0) is 21.5. The van der Waals surface area contributed by atoms with Crippen molar-refractivity contribution in [3.63, 3.8) is 0 Å². The smallest absolute Gasteiger partial charge is 0.219 e. The molecular weight excluding hydrogens is 379 g/mol. The van der Waals surface area contributed by atoms with Crippen molar-refractivity contribution in [2.75, 3.05) is 12.8 Å². The number of benzene rings is 2. The van der Waals surface area contributed by atoms with Crippen LogP contribution in [0.5, 0.6) is 0 Å². The molecule has 3 rings (SSSR count). The number of hydrogen-bond donors (Lipinski definition) is 3. The first-order chi connectivity index (χ1) is 14.5. The standard InChI is InChI=1S/C23H23FN6/c1-3-6-16(12-28-22(25)27-2)19-8-5-4-7-18(19)15-9-10-20(21(24)11-15)17-13-29-23(26)30-14-17/h3-14H,1-2H3,(H3,25,27,28)(H2,26,29,30)/b6-3-,16-12+. The minimum atomic E-state index is -0.371. The number of nitrogens with zero attached hydrogens (tertiary/aromatic N) is 3. The van der Waals surface area contributed by atoms with Gasteiger partial charge in [0.2, 0.25) is 5.95 Å². The van der Waals surface area contributed by atoms with E-state index in [-0.39, 0.29) is 11.8 Å². The molecule has 0 saturated carbocycles. The van der Waals surface area contributed by atoms with Gasteiger partial charge in [-0.1, -0.05) is 48.6 Å². The molecule has 0 amide bonds. The molecule has 152 valence electrons. The number of nitrogens with two attached hydrogens (primary N) is 2. The van der Waals surface area contributed by atoms with Crippen LogP contribution in [0.3, 0.4) is 0 Å². The second-order valence-electron chi connectivity index (χ2n) is 6.42. The van der Waals surface area contributed by atoms with Crippen LogP contribution in [0.25, 0.3) is 27.8 Å². The number of halogens is 1. The summed E-state index contributed by atoms with van der Waals surface area (Å²) in [4.78, 5) is 12.1. The van der Waals surface area contributed by atoms with Crippen LogP contribution < -0.4 is 16.8 Å². The molecule has 0 aliphatic heterocycles. The number of guanidine groups is 1. The molecule has 2 aromatic carbocycles. The number of aliphatic imine (C=N–C) groups is 1. The second-order valence-corrected chi connectivity index (χ2v) is 6.42. The summed E-state index contributed by atoms with van der Waals surface area (Å²) in [5, 5.41) is 2.78. The van der Waals surface area contributed by atoms with E-state index in [1.54, 1.807) is 19.3 Å². The first kappa shape index (κ1) is 20.7. The van der Waals surface area contributed by atoms with Gasteiger partial charge in [0.15, 0.2) is 5.96 Å². The maximum Gasteiger partial charge on any atom is 0.219 e. The van der Waals surface area contributed by atoms with E-state index in [0.717, 1.165) is 22.3 Å². The van der Waals surface area contributed by atoms with Crippen molar-refractivity contribution in [2.24, 2.45) is 10.7 Å². The Bertz CT molecular complexity index is 1120. The molecule has 0 saturated heterocycles. The maximum absolute atomic E-state index is 14.9. The topological polar surface area (TPSA) is 102 Å². The van der Waals surface area contributed by atoms with Gasteiger partial charge in [0.1, 0.15) is 5.82 Å². The van der Waals surface area contributed by atoms with Gasteiger partial charge in [0.05, 0.1) is 0 Å². The maximum atomic E-state index is 14.9. The Labute approximate surface area is 174 Å². The third-order valence-electron chi connectivity index (χ3n) is 4.45. The highest BCUT2D eigenvalue weighted by Gasteiger charge is 2.12. The van der Waals surface area contributed by atoms with E-state index in [0.29, 0.717) is 17.1 Å². The average Bonchev–Trinajstić information content (AvgIpc) is 2.77. The number of allylic oxidation sites excluding steroid dienone is 3. The van der Waals surface area contributed by atoms with Crippen LogP contribution in [-0.4, -0.2) is 23.0 Å². The molecule has 0 fully saturated rings. The van der Waals surface area contributed by atoms with Gasteiger partial charge in [0, 0.05) is 42.3 Å². The lowest BCUT2D eigenvalue weighted by atomic mass is 9.93. The van der Waals surface area contributed by atoms with Gasteiger partial charge in [-0.3, -0.25) is 0 Å². The molecule has 1 aromatic heterocycles. The van der Waals surface area contributed by atoms with Gasteiger partial charge in [-0.25, -0.2) is 19.4 Å². The molecule has 0 aliphatic carbocycles. The third kappa shape index (κ3) is 4.70. The zero-order valence-electron chi connectivity index (χ0n) is 16.8. The molecule has 7 heteroatoms. The number of nitrogens with one attached hydrogen (secondary N) is 1. The first-order valence-electron chi connectivity index (χ1n) is 9.34. The fourth-order valence-corrected chi connectivity index (χ4v) is 2.97. The molecule has 0 spiro atoms. The Morgan fingerprint density at radius 2 is 1.80 bits per heavy atom. The van der Waals surface area contributed by atoms with Crippen molar-refractivity contribution in [2.45, 2.75) is 6.92 Å². The van der Waals surface area contributed by atoms with Crippen LogP contribution in [0.2, 0.25) is 0 Å². The van der Waals surface area contributed by atoms with Crippen LogP contribution in [-0.2, 0) is 0 Å². The van der Waals surface area contributed by atoms with Gasteiger partial charge in [-0.05, 0) is 29.7 Å². The normalized spacial score (nSPS) is 12.4. The van der Waals surface area contributed by atoms with Crippen molar-refractivity contribution in [1.29, 1.82) is 0 Å². The van der Waals surface area contributed by atoms with Crippen molar-refractivity contribution in [1.82, 2.24) is 15.3 Å². The van der Waals surface area contributed by atoms with Crippen LogP contribution in [0, 0.1) is 5.82 Å². The van der Waals surface area contributed by atoms with E-state index in [4.69, 9.17) is 11.5 Å². The second kappa shape index (κ2) is 9.47. The number of anilines is 1. The number of rotatable bonds is 5. The van der Waals surface area contributed by atoms with E-state index in [1.807, 2.05) is 49.4 Å². The lowest BCUT2D eigenvalue weighted by Gasteiger charge is -2.12. The van der Waals surface area contributed by atoms with Crippen LogP contribution in [0.15, 0.2) is 78.2 Å². The Kier molecular flexibility index (Phi) is 6.54. The minimum absolute atomic E-state index is 0.148. The molecule has 6 nitrogen and oxygen atoms in total. The highest BCUT2D eigenvalue weighted by atomic mass is 19.1. The number of hydrogen-bond acceptors (Lipinski definition) is 4. The molecule has 0 aliphatic rings. The van der Waals surface area contributed by atoms with E-state index in [2.05, 4.69) is 20.3 Å². The van der Waals surface area contributed by atoms with Crippen LogP contribution in [0.4, 0.5) is 10.3 Å². The Morgan fingerprint density at radius 1 is 1.07 bits per heavy atom. The Balaban J connectivity index is 2.07. The molecular formula is C23H23FN6. The van der Waals surface area contributed by atoms with Crippen LogP contribution >= 0.6 is 0 Å². The Hall–Kier alpha value is -4.00. The summed E-state index contributed by atoms with van der Waals surface area (Å²) in [6, 6.07) is 12.8. The summed E-state index contributed by atoms with van der Waals surface area (Å²) in [5.74, 6) is 0.0786. The number of nitrogen functional groups attached to an aromatic ring is 1. The monoisotopic (exact) mass is 402 g/mol. The minimum Gasteiger partial charge on any atom is -0.370 e.